The molecule has 0 aliphatic rings. The van der Waals surface area contributed by atoms with Crippen molar-refractivity contribution in [1.29, 1.82) is 0 Å². The number of hydrogen-bond donors (Lipinski definition) is 2. The summed E-state index contributed by atoms with van der Waals surface area (Å²) < 4.78 is 8.13. The standard InChI is InChI=1S/C20H18Cl4N2OS.C2H2O4/c21-15-2-1-14(18(23)9-15)12-28-8-7-27-20(11-26-6-5-25-13-26)17-4-3-16(22)10-19(17)24;3-1(4)2(5)6/h1-6,9-10,13,20H,7-8,11-12H2;(H,3,4)(H,5,6). The van der Waals surface area contributed by atoms with Crippen molar-refractivity contribution >= 4 is 70.1 Å². The van der Waals surface area contributed by atoms with Crippen LogP contribution in [0.4, 0.5) is 0 Å². The third-order valence-electron chi connectivity index (χ3n) is 4.25. The van der Waals surface area contributed by atoms with Gasteiger partial charge < -0.3 is 19.5 Å². The fourth-order valence-electron chi connectivity index (χ4n) is 2.66. The van der Waals surface area contributed by atoms with Crippen LogP contribution in [0.2, 0.25) is 20.1 Å². The maximum atomic E-state index is 9.10. The van der Waals surface area contributed by atoms with Gasteiger partial charge in [-0.05, 0) is 29.8 Å². The van der Waals surface area contributed by atoms with Gasteiger partial charge in [0.2, 0.25) is 0 Å². The van der Waals surface area contributed by atoms with Gasteiger partial charge in [0.25, 0.3) is 0 Å². The first-order valence-electron chi connectivity index (χ1n) is 9.67. The molecule has 0 aliphatic heterocycles. The number of nitrogens with zero attached hydrogens (tertiary/aromatic N) is 2. The summed E-state index contributed by atoms with van der Waals surface area (Å²) >= 11 is 26.3. The van der Waals surface area contributed by atoms with Gasteiger partial charge in [-0.3, -0.25) is 0 Å². The number of carboxylic acids is 2. The Kier molecular flexibility index (Phi) is 12.0. The maximum absolute atomic E-state index is 9.10. The van der Waals surface area contributed by atoms with Gasteiger partial charge in [-0.1, -0.05) is 58.5 Å². The first-order chi connectivity index (χ1) is 16.2. The Morgan fingerprint density at radius 3 is 2.21 bits per heavy atom. The topological polar surface area (TPSA) is 102 Å². The van der Waals surface area contributed by atoms with E-state index in [2.05, 4.69) is 4.98 Å². The third kappa shape index (κ3) is 9.74. The molecular formula is C22H20Cl4N2O5S. The summed E-state index contributed by atoms with van der Waals surface area (Å²) in [5, 5.41) is 17.3. The smallest absolute Gasteiger partial charge is 0.414 e. The molecule has 3 aromatic rings. The lowest BCUT2D eigenvalue weighted by molar-refractivity contribution is -0.159. The molecule has 34 heavy (non-hydrogen) atoms. The molecule has 0 amide bonds. The van der Waals surface area contributed by atoms with Crippen molar-refractivity contribution in [2.75, 3.05) is 12.4 Å². The molecule has 0 spiro atoms. The zero-order valence-corrected chi connectivity index (χ0v) is 21.4. The lowest BCUT2D eigenvalue weighted by Gasteiger charge is -2.20. The van der Waals surface area contributed by atoms with E-state index in [-0.39, 0.29) is 6.10 Å². The molecule has 7 nitrogen and oxygen atoms in total. The van der Waals surface area contributed by atoms with Crippen molar-refractivity contribution in [1.82, 2.24) is 9.55 Å². The van der Waals surface area contributed by atoms with E-state index in [0.717, 1.165) is 22.6 Å². The number of thioether (sulfide) groups is 1. The summed E-state index contributed by atoms with van der Waals surface area (Å²) in [6.07, 6.45) is 5.21. The van der Waals surface area contributed by atoms with Gasteiger partial charge >= 0.3 is 11.9 Å². The Labute approximate surface area is 220 Å². The van der Waals surface area contributed by atoms with Crippen LogP contribution in [0.25, 0.3) is 0 Å². The van der Waals surface area contributed by atoms with Crippen molar-refractivity contribution in [2.24, 2.45) is 0 Å². The summed E-state index contributed by atoms with van der Waals surface area (Å²) in [6, 6.07) is 11.0. The van der Waals surface area contributed by atoms with E-state index in [1.807, 2.05) is 35.0 Å². The third-order valence-corrected chi connectivity index (χ3v) is 6.37. The number of aliphatic carboxylic acids is 2. The second-order valence-electron chi connectivity index (χ2n) is 6.68. The first kappa shape index (κ1) is 28.3. The Morgan fingerprint density at radius 2 is 1.65 bits per heavy atom. The summed E-state index contributed by atoms with van der Waals surface area (Å²) in [5.74, 6) is -2.03. The van der Waals surface area contributed by atoms with E-state index in [4.69, 9.17) is 70.9 Å². The van der Waals surface area contributed by atoms with Crippen molar-refractivity contribution in [3.63, 3.8) is 0 Å². The average Bonchev–Trinajstić information content (AvgIpc) is 3.28. The molecule has 1 unspecified atom stereocenters. The highest BCUT2D eigenvalue weighted by atomic mass is 35.5. The number of benzene rings is 2. The van der Waals surface area contributed by atoms with E-state index in [0.29, 0.717) is 33.2 Å². The van der Waals surface area contributed by atoms with Crippen molar-refractivity contribution < 1.29 is 24.5 Å². The molecule has 0 saturated heterocycles. The molecular weight excluding hydrogens is 546 g/mol. The van der Waals surface area contributed by atoms with Crippen molar-refractivity contribution in [3.05, 3.63) is 86.3 Å². The van der Waals surface area contributed by atoms with E-state index < -0.39 is 11.9 Å². The number of hydrogen-bond acceptors (Lipinski definition) is 5. The maximum Gasteiger partial charge on any atom is 0.414 e. The Balaban J connectivity index is 0.000000604. The molecule has 0 saturated carbocycles. The number of rotatable bonds is 9. The van der Waals surface area contributed by atoms with Crippen LogP contribution in [0.5, 0.6) is 0 Å². The second-order valence-corrected chi connectivity index (χ2v) is 9.48. The molecule has 2 N–H and O–H groups in total. The zero-order valence-electron chi connectivity index (χ0n) is 17.5. The van der Waals surface area contributed by atoms with Gasteiger partial charge in [0, 0.05) is 49.6 Å². The summed E-state index contributed by atoms with van der Waals surface area (Å²) in [7, 11) is 0. The van der Waals surface area contributed by atoms with Crippen LogP contribution in [0.15, 0.2) is 55.1 Å². The van der Waals surface area contributed by atoms with E-state index in [1.165, 1.54) is 0 Å². The van der Waals surface area contributed by atoms with E-state index >= 15 is 0 Å². The van der Waals surface area contributed by atoms with Gasteiger partial charge in [0.15, 0.2) is 0 Å². The van der Waals surface area contributed by atoms with Crippen LogP contribution in [0.3, 0.4) is 0 Å². The summed E-state index contributed by atoms with van der Waals surface area (Å²) in [4.78, 5) is 22.3. The minimum absolute atomic E-state index is 0.196. The largest absolute Gasteiger partial charge is 0.473 e. The zero-order chi connectivity index (χ0) is 25.1. The number of halogens is 4. The first-order valence-corrected chi connectivity index (χ1v) is 12.3. The molecule has 12 heteroatoms. The highest BCUT2D eigenvalue weighted by Crippen LogP contribution is 2.30. The number of carboxylic acid groups (broad SMARTS) is 2. The normalized spacial score (nSPS) is 11.4. The van der Waals surface area contributed by atoms with Crippen LogP contribution < -0.4 is 0 Å². The minimum atomic E-state index is -1.82. The Morgan fingerprint density at radius 1 is 1.00 bits per heavy atom. The molecule has 2 aromatic carbocycles. The van der Waals surface area contributed by atoms with Gasteiger partial charge in [-0.2, -0.15) is 11.8 Å². The molecule has 1 heterocycles. The molecule has 182 valence electrons. The van der Waals surface area contributed by atoms with E-state index in [1.54, 1.807) is 36.4 Å². The number of ether oxygens (including phenoxy) is 1. The van der Waals surface area contributed by atoms with Crippen LogP contribution in [-0.4, -0.2) is 44.1 Å². The molecule has 1 aromatic heterocycles. The van der Waals surface area contributed by atoms with Crippen molar-refractivity contribution in [2.45, 2.75) is 18.4 Å². The quantitative estimate of drug-likeness (QED) is 0.230. The monoisotopic (exact) mass is 564 g/mol. The summed E-state index contributed by atoms with van der Waals surface area (Å²) in [6.45, 7) is 1.20. The number of imidazole rings is 1. The van der Waals surface area contributed by atoms with Gasteiger partial charge in [0.05, 0.1) is 19.5 Å². The van der Waals surface area contributed by atoms with Gasteiger partial charge in [0.1, 0.15) is 6.10 Å². The fraction of sp³-hybridized carbons (Fsp3) is 0.227. The fourth-order valence-corrected chi connectivity index (χ4v) is 4.57. The molecule has 0 aliphatic carbocycles. The summed E-state index contributed by atoms with van der Waals surface area (Å²) in [5.41, 5.74) is 1.97. The van der Waals surface area contributed by atoms with Crippen molar-refractivity contribution in [3.8, 4) is 0 Å². The second kappa shape index (κ2) is 14.5. The molecule has 3 rings (SSSR count). The number of carbonyl (C=O) groups is 2. The SMILES string of the molecule is Clc1ccc(CSCCOC(Cn2ccnc2)c2ccc(Cl)cc2Cl)c(Cl)c1.O=C(O)C(=O)O. The van der Waals surface area contributed by atoms with Crippen LogP contribution >= 0.6 is 58.2 Å². The van der Waals surface area contributed by atoms with Crippen LogP contribution in [0.1, 0.15) is 17.2 Å². The highest BCUT2D eigenvalue weighted by molar-refractivity contribution is 7.98. The minimum Gasteiger partial charge on any atom is -0.473 e. The molecule has 0 fully saturated rings. The number of aromatic nitrogens is 2. The predicted octanol–water partition coefficient (Wildman–Crippen LogP) is 6.34. The van der Waals surface area contributed by atoms with E-state index in [9.17, 15) is 0 Å². The average molecular weight is 566 g/mol. The Hall–Kier alpha value is -1.94. The van der Waals surface area contributed by atoms with Crippen LogP contribution in [0, 0.1) is 0 Å². The highest BCUT2D eigenvalue weighted by Gasteiger charge is 2.17. The lowest BCUT2D eigenvalue weighted by atomic mass is 10.1. The molecule has 0 radical (unpaired) electrons. The molecule has 1 atom stereocenters. The molecule has 0 bridgehead atoms. The van der Waals surface area contributed by atoms with Gasteiger partial charge in [-0.15, -0.1) is 0 Å². The lowest BCUT2D eigenvalue weighted by Crippen LogP contribution is -2.14. The predicted molar refractivity (Wildman–Crippen MR) is 135 cm³/mol. The van der Waals surface area contributed by atoms with Crippen LogP contribution in [-0.2, 0) is 26.6 Å². The van der Waals surface area contributed by atoms with Gasteiger partial charge in [-0.25, -0.2) is 14.6 Å². The Bertz CT molecular complexity index is 1090.